The summed E-state index contributed by atoms with van der Waals surface area (Å²) in [4.78, 5) is 14.4. The summed E-state index contributed by atoms with van der Waals surface area (Å²) in [6, 6.07) is 17.1. The SMILES string of the molecule is CCCOc1cccc(-c2nn(-c3ccccc3)cc2/C=C2/SC(=S)N(CCS(=O)(=O)[O-])C2=O)c1. The number of amides is 1. The van der Waals surface area contributed by atoms with Gasteiger partial charge in [-0.2, -0.15) is 5.10 Å². The van der Waals surface area contributed by atoms with Crippen molar-refractivity contribution >= 4 is 50.4 Å². The number of thiocarbonyl (C=S) groups is 1. The van der Waals surface area contributed by atoms with E-state index in [2.05, 4.69) is 0 Å². The van der Waals surface area contributed by atoms with Gasteiger partial charge < -0.3 is 9.29 Å². The lowest BCUT2D eigenvalue weighted by Crippen LogP contribution is -2.32. The van der Waals surface area contributed by atoms with Crippen LogP contribution in [0.4, 0.5) is 0 Å². The number of hydrogen-bond donors (Lipinski definition) is 0. The molecule has 1 fully saturated rings. The predicted molar refractivity (Wildman–Crippen MR) is 139 cm³/mol. The minimum atomic E-state index is -4.47. The molecule has 1 aliphatic rings. The summed E-state index contributed by atoms with van der Waals surface area (Å²) in [5, 5.41) is 4.77. The highest BCUT2D eigenvalue weighted by atomic mass is 32.2. The molecule has 2 aromatic carbocycles. The van der Waals surface area contributed by atoms with Crippen LogP contribution in [0.2, 0.25) is 0 Å². The van der Waals surface area contributed by atoms with Crippen LogP contribution >= 0.6 is 24.0 Å². The predicted octanol–water partition coefficient (Wildman–Crippen LogP) is 4.07. The van der Waals surface area contributed by atoms with Crippen LogP contribution in [0, 0.1) is 0 Å². The zero-order valence-electron chi connectivity index (χ0n) is 18.8. The average Bonchev–Trinajstić information content (AvgIpc) is 3.37. The molecule has 2 heterocycles. The van der Waals surface area contributed by atoms with E-state index < -0.39 is 21.8 Å². The topological polar surface area (TPSA) is 105 Å². The molecule has 0 bridgehead atoms. The van der Waals surface area contributed by atoms with Crippen molar-refractivity contribution in [2.45, 2.75) is 13.3 Å². The van der Waals surface area contributed by atoms with Crippen LogP contribution in [0.25, 0.3) is 23.0 Å². The van der Waals surface area contributed by atoms with Crippen LogP contribution in [0.15, 0.2) is 65.7 Å². The number of thioether (sulfide) groups is 1. The standard InChI is InChI=1S/C24H23N3O5S3/c1-2-12-32-20-10-6-7-17(14-20)22-18(16-27(25-22)19-8-4-3-5-9-19)15-21-23(28)26(24(33)34-21)11-13-35(29,30)31/h3-10,14-16H,2,11-13H2,1H3,(H,29,30,31)/p-1/b21-15+. The van der Waals surface area contributed by atoms with Gasteiger partial charge in [-0.05, 0) is 36.8 Å². The van der Waals surface area contributed by atoms with Crippen molar-refractivity contribution in [3.63, 3.8) is 0 Å². The molecule has 0 aliphatic carbocycles. The Kier molecular flexibility index (Phi) is 7.70. The Morgan fingerprint density at radius 2 is 1.94 bits per heavy atom. The van der Waals surface area contributed by atoms with Gasteiger partial charge in [-0.3, -0.25) is 9.69 Å². The van der Waals surface area contributed by atoms with E-state index in [0.29, 0.717) is 22.8 Å². The Hall–Kier alpha value is -2.99. The molecule has 0 N–H and O–H groups in total. The van der Waals surface area contributed by atoms with Crippen molar-refractivity contribution in [3.8, 4) is 22.7 Å². The molecular formula is C24H22N3O5S3-. The van der Waals surface area contributed by atoms with Crippen LogP contribution in [-0.4, -0.2) is 56.8 Å². The van der Waals surface area contributed by atoms with Crippen molar-refractivity contribution in [2.24, 2.45) is 0 Å². The monoisotopic (exact) mass is 528 g/mol. The van der Waals surface area contributed by atoms with Gasteiger partial charge in [0.1, 0.15) is 15.8 Å². The van der Waals surface area contributed by atoms with Crippen molar-refractivity contribution in [1.29, 1.82) is 0 Å². The molecule has 1 amide bonds. The summed E-state index contributed by atoms with van der Waals surface area (Å²) < 4.78 is 40.8. The number of nitrogens with zero attached hydrogens (tertiary/aromatic N) is 3. The van der Waals surface area contributed by atoms with Crippen LogP contribution in [-0.2, 0) is 14.9 Å². The molecule has 1 saturated heterocycles. The number of aromatic nitrogens is 2. The Labute approximate surface area is 213 Å². The molecule has 0 unspecified atom stereocenters. The van der Waals surface area contributed by atoms with E-state index in [1.165, 1.54) is 0 Å². The number of rotatable bonds is 9. The highest BCUT2D eigenvalue weighted by molar-refractivity contribution is 8.26. The van der Waals surface area contributed by atoms with E-state index in [1.807, 2.05) is 67.7 Å². The van der Waals surface area contributed by atoms with E-state index in [4.69, 9.17) is 22.1 Å². The fourth-order valence-electron chi connectivity index (χ4n) is 3.42. The van der Waals surface area contributed by atoms with Crippen LogP contribution in [0.5, 0.6) is 5.75 Å². The molecular weight excluding hydrogens is 506 g/mol. The van der Waals surface area contributed by atoms with Gasteiger partial charge in [0.25, 0.3) is 5.91 Å². The van der Waals surface area contributed by atoms with Crippen LogP contribution in [0.1, 0.15) is 18.9 Å². The molecule has 4 rings (SSSR count). The number of hydrogen-bond acceptors (Lipinski definition) is 8. The third kappa shape index (κ3) is 6.17. The number of benzene rings is 2. The Bertz CT molecular complexity index is 1380. The maximum Gasteiger partial charge on any atom is 0.266 e. The van der Waals surface area contributed by atoms with E-state index >= 15 is 0 Å². The highest BCUT2D eigenvalue weighted by Crippen LogP contribution is 2.35. The van der Waals surface area contributed by atoms with Gasteiger partial charge in [0.05, 0.1) is 33.1 Å². The van der Waals surface area contributed by atoms with E-state index in [9.17, 15) is 17.8 Å². The fourth-order valence-corrected chi connectivity index (χ4v) is 5.13. The second-order valence-corrected chi connectivity index (χ2v) is 10.9. The number of carbonyl (C=O) groups is 1. The first-order chi connectivity index (χ1) is 16.7. The molecule has 182 valence electrons. The molecule has 0 atom stereocenters. The lowest BCUT2D eigenvalue weighted by Gasteiger charge is -2.15. The lowest BCUT2D eigenvalue weighted by atomic mass is 10.1. The molecule has 35 heavy (non-hydrogen) atoms. The summed E-state index contributed by atoms with van der Waals surface area (Å²) in [6.45, 7) is 2.35. The first-order valence-electron chi connectivity index (χ1n) is 10.8. The lowest BCUT2D eigenvalue weighted by molar-refractivity contribution is -0.121. The minimum absolute atomic E-state index is 0.205. The summed E-state index contributed by atoms with van der Waals surface area (Å²) in [6.07, 6.45) is 4.39. The third-order valence-electron chi connectivity index (χ3n) is 5.07. The zero-order chi connectivity index (χ0) is 25.0. The normalized spacial score (nSPS) is 15.3. The maximum absolute atomic E-state index is 12.9. The van der Waals surface area contributed by atoms with Gasteiger partial charge in [-0.25, -0.2) is 13.1 Å². The van der Waals surface area contributed by atoms with Gasteiger partial charge in [0, 0.05) is 23.9 Å². The van der Waals surface area contributed by atoms with E-state index in [0.717, 1.165) is 40.1 Å². The van der Waals surface area contributed by atoms with Crippen LogP contribution < -0.4 is 4.74 Å². The second-order valence-electron chi connectivity index (χ2n) is 7.68. The quantitative estimate of drug-likeness (QED) is 0.233. The first-order valence-corrected chi connectivity index (χ1v) is 13.6. The molecule has 0 spiro atoms. The third-order valence-corrected chi connectivity index (χ3v) is 7.13. The van der Waals surface area contributed by atoms with Gasteiger partial charge >= 0.3 is 0 Å². The van der Waals surface area contributed by atoms with Crippen molar-refractivity contribution in [3.05, 3.63) is 71.3 Å². The molecule has 8 nitrogen and oxygen atoms in total. The first kappa shape index (κ1) is 25.1. The average molecular weight is 529 g/mol. The molecule has 0 saturated carbocycles. The van der Waals surface area contributed by atoms with Gasteiger partial charge in [-0.15, -0.1) is 0 Å². The van der Waals surface area contributed by atoms with Crippen LogP contribution in [0.3, 0.4) is 0 Å². The second kappa shape index (κ2) is 10.7. The zero-order valence-corrected chi connectivity index (χ0v) is 21.2. The summed E-state index contributed by atoms with van der Waals surface area (Å²) >= 11 is 6.32. The summed E-state index contributed by atoms with van der Waals surface area (Å²) in [7, 11) is -4.47. The maximum atomic E-state index is 12.9. The molecule has 11 heteroatoms. The molecule has 1 aliphatic heterocycles. The number of carbonyl (C=O) groups excluding carboxylic acids is 1. The van der Waals surface area contributed by atoms with Crippen molar-refractivity contribution in [1.82, 2.24) is 14.7 Å². The minimum Gasteiger partial charge on any atom is -0.748 e. The molecule has 1 aromatic heterocycles. The number of para-hydroxylation sites is 1. The Morgan fingerprint density at radius 1 is 1.17 bits per heavy atom. The van der Waals surface area contributed by atoms with Gasteiger partial charge in [-0.1, -0.05) is 61.2 Å². The number of ether oxygens (including phenoxy) is 1. The summed E-state index contributed by atoms with van der Waals surface area (Å²) in [5.74, 6) is -0.425. The van der Waals surface area contributed by atoms with Gasteiger partial charge in [0.15, 0.2) is 0 Å². The van der Waals surface area contributed by atoms with E-state index in [-0.39, 0.29) is 10.9 Å². The largest absolute Gasteiger partial charge is 0.748 e. The van der Waals surface area contributed by atoms with E-state index in [1.54, 1.807) is 10.8 Å². The molecule has 0 radical (unpaired) electrons. The van der Waals surface area contributed by atoms with Gasteiger partial charge in [0.2, 0.25) is 0 Å². The Morgan fingerprint density at radius 3 is 2.66 bits per heavy atom. The van der Waals surface area contributed by atoms with Crippen molar-refractivity contribution in [2.75, 3.05) is 18.9 Å². The van der Waals surface area contributed by atoms with Crippen molar-refractivity contribution < 1.29 is 22.5 Å². The smallest absolute Gasteiger partial charge is 0.266 e. The molecule has 3 aromatic rings. The fraction of sp³-hybridized carbons (Fsp3) is 0.208. The Balaban J connectivity index is 1.73. The highest BCUT2D eigenvalue weighted by Gasteiger charge is 2.32. The summed E-state index contributed by atoms with van der Waals surface area (Å²) in [5.41, 5.74) is 2.98.